The van der Waals surface area contributed by atoms with Gasteiger partial charge in [-0.15, -0.1) is 0 Å². The third kappa shape index (κ3) is 3.35. The number of benzene rings is 6. The van der Waals surface area contributed by atoms with Crippen LogP contribution in [0.4, 0.5) is 0 Å². The molecule has 0 amide bonds. The van der Waals surface area contributed by atoms with Crippen LogP contribution in [0.1, 0.15) is 0 Å². The van der Waals surface area contributed by atoms with Gasteiger partial charge in [0.25, 0.3) is 0 Å². The van der Waals surface area contributed by atoms with E-state index in [1.807, 2.05) is 48.7 Å². The average Bonchev–Trinajstić information content (AvgIpc) is 3.89. The van der Waals surface area contributed by atoms with Crippen LogP contribution >= 0.6 is 0 Å². The molecule has 6 nitrogen and oxygen atoms in total. The van der Waals surface area contributed by atoms with Crippen LogP contribution in [0.3, 0.4) is 0 Å². The summed E-state index contributed by atoms with van der Waals surface area (Å²) in [5, 5.41) is 4.44. The van der Waals surface area contributed by atoms with Crippen LogP contribution in [0.5, 0.6) is 0 Å². The maximum absolute atomic E-state index is 6.46. The molecule has 6 aromatic carbocycles. The summed E-state index contributed by atoms with van der Waals surface area (Å²) in [5.41, 5.74) is 12.7. The molecule has 224 valence electrons. The first kappa shape index (κ1) is 25.5. The summed E-state index contributed by atoms with van der Waals surface area (Å²) in [4.78, 5) is 9.82. The number of nitrogens with zero attached hydrogens (tertiary/aromatic N) is 4. The van der Waals surface area contributed by atoms with Crippen molar-refractivity contribution in [3.05, 3.63) is 146 Å². The van der Waals surface area contributed by atoms with Gasteiger partial charge in [-0.3, -0.25) is 9.38 Å². The summed E-state index contributed by atoms with van der Waals surface area (Å²) >= 11 is 0. The second-order valence-corrected chi connectivity index (χ2v) is 12.2. The Morgan fingerprint density at radius 1 is 0.500 bits per heavy atom. The van der Waals surface area contributed by atoms with Gasteiger partial charge in [-0.1, -0.05) is 91.0 Å². The Morgan fingerprint density at radius 2 is 1.21 bits per heavy atom. The van der Waals surface area contributed by atoms with Gasteiger partial charge in [-0.05, 0) is 54.1 Å². The minimum absolute atomic E-state index is 0.595. The van der Waals surface area contributed by atoms with Gasteiger partial charge >= 0.3 is 5.84 Å². The molecule has 0 bridgehead atoms. The van der Waals surface area contributed by atoms with E-state index in [9.17, 15) is 0 Å². The van der Waals surface area contributed by atoms with E-state index in [1.165, 1.54) is 0 Å². The van der Waals surface area contributed by atoms with Gasteiger partial charge in [0.1, 0.15) is 11.3 Å². The Balaban J connectivity index is 1.22. The zero-order valence-corrected chi connectivity index (χ0v) is 25.5. The molecule has 11 aromatic rings. The molecule has 0 saturated heterocycles. The number of aromatic nitrogens is 4. The summed E-state index contributed by atoms with van der Waals surface area (Å²) in [6.45, 7) is 0. The fourth-order valence-electron chi connectivity index (χ4n) is 7.64. The highest BCUT2D eigenvalue weighted by Gasteiger charge is 2.23. The summed E-state index contributed by atoms with van der Waals surface area (Å²) < 4.78 is 17.2. The normalized spacial score (nSPS) is 12.2. The number of furan rings is 1. The van der Waals surface area contributed by atoms with Crippen molar-refractivity contribution in [2.24, 2.45) is 0 Å². The Kier molecular flexibility index (Phi) is 5.02. The van der Waals surface area contributed by atoms with Crippen molar-refractivity contribution in [2.45, 2.75) is 0 Å². The van der Waals surface area contributed by atoms with Crippen molar-refractivity contribution < 1.29 is 8.83 Å². The standard InChI is InChI=1S/C42H24N4O2/c1-2-14-28(39-41-29(23-24-43-39)27-13-5-9-19-36(27)47-41)25(11-1)26-12-3-6-16-32(26)45-33-17-7-4-15-30(33)38-35(45)22-21-31-40(38)46-34-18-8-10-20-37(34)48-42(46)44-31/h1-24H. The fourth-order valence-corrected chi connectivity index (χ4v) is 7.64. The molecule has 0 aliphatic heterocycles. The number of rotatable bonds is 3. The molecule has 0 fully saturated rings. The van der Waals surface area contributed by atoms with Gasteiger partial charge in [0.05, 0.1) is 33.3 Å². The van der Waals surface area contributed by atoms with Crippen LogP contribution in [-0.2, 0) is 0 Å². The largest absolute Gasteiger partial charge is 0.454 e. The predicted octanol–water partition coefficient (Wildman–Crippen LogP) is 11.0. The van der Waals surface area contributed by atoms with E-state index < -0.39 is 0 Å². The number of oxazole rings is 1. The third-order valence-corrected chi connectivity index (χ3v) is 9.64. The molecule has 0 saturated carbocycles. The molecular formula is C42H24N4O2. The van der Waals surface area contributed by atoms with E-state index >= 15 is 0 Å². The first-order valence-corrected chi connectivity index (χ1v) is 16.0. The monoisotopic (exact) mass is 616 g/mol. The second kappa shape index (κ2) is 9.44. The first-order chi connectivity index (χ1) is 23.8. The van der Waals surface area contributed by atoms with Crippen LogP contribution in [0.25, 0.3) is 99.8 Å². The lowest BCUT2D eigenvalue weighted by atomic mass is 9.95. The van der Waals surface area contributed by atoms with Crippen LogP contribution in [0.2, 0.25) is 0 Å². The van der Waals surface area contributed by atoms with Gasteiger partial charge < -0.3 is 13.4 Å². The molecule has 0 radical (unpaired) electrons. The molecule has 48 heavy (non-hydrogen) atoms. The highest BCUT2D eigenvalue weighted by atomic mass is 16.4. The summed E-state index contributed by atoms with van der Waals surface area (Å²) in [6, 6.07) is 48.4. The second-order valence-electron chi connectivity index (χ2n) is 12.2. The highest BCUT2D eigenvalue weighted by Crippen LogP contribution is 2.43. The summed E-state index contributed by atoms with van der Waals surface area (Å²) in [6.07, 6.45) is 1.88. The average molecular weight is 617 g/mol. The Hall–Kier alpha value is -6.66. The van der Waals surface area contributed by atoms with Crippen LogP contribution in [0, 0.1) is 0 Å². The van der Waals surface area contributed by atoms with Gasteiger partial charge in [-0.25, -0.2) is 0 Å². The van der Waals surface area contributed by atoms with E-state index in [0.29, 0.717) is 5.84 Å². The number of pyridine rings is 1. The molecule has 5 heterocycles. The van der Waals surface area contributed by atoms with Crippen LogP contribution in [0.15, 0.2) is 155 Å². The van der Waals surface area contributed by atoms with Gasteiger partial charge in [0.15, 0.2) is 11.2 Å². The van der Waals surface area contributed by atoms with E-state index in [1.54, 1.807) is 0 Å². The van der Waals surface area contributed by atoms with E-state index in [2.05, 4.69) is 106 Å². The number of hydrogen-bond donors (Lipinski definition) is 0. The van der Waals surface area contributed by atoms with Crippen molar-refractivity contribution in [3.8, 4) is 28.1 Å². The molecular weight excluding hydrogens is 592 g/mol. The van der Waals surface area contributed by atoms with Crippen molar-refractivity contribution >= 4 is 71.7 Å². The molecule has 0 aliphatic carbocycles. The maximum Gasteiger partial charge on any atom is 0.307 e. The zero-order chi connectivity index (χ0) is 31.3. The van der Waals surface area contributed by atoms with Crippen LogP contribution in [-0.4, -0.2) is 18.9 Å². The van der Waals surface area contributed by atoms with E-state index in [4.69, 9.17) is 18.8 Å². The predicted molar refractivity (Wildman–Crippen MR) is 193 cm³/mol. The lowest BCUT2D eigenvalue weighted by Gasteiger charge is -2.16. The van der Waals surface area contributed by atoms with Crippen molar-refractivity contribution in [3.63, 3.8) is 0 Å². The maximum atomic E-state index is 6.46. The smallest absolute Gasteiger partial charge is 0.307 e. The Morgan fingerprint density at radius 3 is 2.10 bits per heavy atom. The van der Waals surface area contributed by atoms with E-state index in [-0.39, 0.29) is 0 Å². The van der Waals surface area contributed by atoms with Gasteiger partial charge in [0.2, 0.25) is 0 Å². The van der Waals surface area contributed by atoms with Gasteiger partial charge in [0, 0.05) is 38.9 Å². The zero-order valence-electron chi connectivity index (χ0n) is 25.5. The molecule has 0 atom stereocenters. The SMILES string of the molecule is c1ccc(-c2nccc3c2oc2ccccc23)c(-c2ccccc2-n2c3ccccc3c3c2ccc2nc4oc5ccccc5n4c23)c1. The number of hydrogen-bond acceptors (Lipinski definition) is 4. The Labute approximate surface area is 272 Å². The molecule has 0 spiro atoms. The number of para-hydroxylation sites is 5. The van der Waals surface area contributed by atoms with Crippen molar-refractivity contribution in [1.82, 2.24) is 18.9 Å². The summed E-state index contributed by atoms with van der Waals surface area (Å²) in [7, 11) is 0. The molecule has 0 N–H and O–H groups in total. The molecule has 6 heteroatoms. The highest BCUT2D eigenvalue weighted by molar-refractivity contribution is 6.21. The molecule has 0 unspecified atom stereocenters. The number of imidazole rings is 1. The van der Waals surface area contributed by atoms with Crippen molar-refractivity contribution in [1.29, 1.82) is 0 Å². The Bertz CT molecular complexity index is 3080. The first-order valence-electron chi connectivity index (χ1n) is 16.0. The third-order valence-electron chi connectivity index (χ3n) is 9.64. The van der Waals surface area contributed by atoms with E-state index in [0.717, 1.165) is 93.9 Å². The lowest BCUT2D eigenvalue weighted by molar-refractivity contribution is 0.643. The fraction of sp³-hybridized carbons (Fsp3) is 0. The number of fused-ring (bicyclic) bond motifs is 12. The summed E-state index contributed by atoms with van der Waals surface area (Å²) in [5.74, 6) is 0.595. The molecule has 11 rings (SSSR count). The van der Waals surface area contributed by atoms with Gasteiger partial charge in [-0.2, -0.15) is 4.98 Å². The minimum Gasteiger partial charge on any atom is -0.454 e. The molecule has 0 aliphatic rings. The topological polar surface area (TPSA) is 61.4 Å². The molecule has 5 aromatic heterocycles. The van der Waals surface area contributed by atoms with Crippen LogP contribution < -0.4 is 0 Å². The van der Waals surface area contributed by atoms with Crippen molar-refractivity contribution in [2.75, 3.05) is 0 Å². The minimum atomic E-state index is 0.595. The lowest BCUT2D eigenvalue weighted by Crippen LogP contribution is -1.98. The quantitative estimate of drug-likeness (QED) is 0.198.